The molecule has 0 radical (unpaired) electrons. The molecule has 0 saturated carbocycles. The first-order valence-electron chi connectivity index (χ1n) is 9.31. The average Bonchev–Trinajstić information content (AvgIpc) is 3.22. The Morgan fingerprint density at radius 2 is 1.74 bits per heavy atom. The maximum Gasteiger partial charge on any atom is 0.262 e. The largest absolute Gasteiger partial charge is 0.509 e. The maximum absolute atomic E-state index is 12.8. The zero-order chi connectivity index (χ0) is 22.0. The van der Waals surface area contributed by atoms with Crippen LogP contribution in [-0.2, 0) is 9.59 Å². The van der Waals surface area contributed by atoms with E-state index in [0.29, 0.717) is 17.2 Å². The molecular formula is C21H19N3O6S. The minimum atomic E-state index is -0.719. The molecule has 0 atom stereocenters. The predicted molar refractivity (Wildman–Crippen MR) is 115 cm³/mol. The van der Waals surface area contributed by atoms with E-state index in [1.807, 2.05) is 6.26 Å². The number of hydrogen-bond donors (Lipinski definition) is 3. The summed E-state index contributed by atoms with van der Waals surface area (Å²) in [6.45, 7) is -0.497. The zero-order valence-electron chi connectivity index (χ0n) is 16.5. The van der Waals surface area contributed by atoms with Gasteiger partial charge in [-0.2, -0.15) is 0 Å². The van der Waals surface area contributed by atoms with Crippen molar-refractivity contribution < 1.29 is 29.0 Å². The molecule has 0 bridgehead atoms. The van der Waals surface area contributed by atoms with Crippen molar-refractivity contribution in [1.82, 2.24) is 4.90 Å². The molecule has 0 aromatic heterocycles. The molecule has 0 unspecified atom stereocenters. The highest BCUT2D eigenvalue weighted by molar-refractivity contribution is 7.99. The standard InChI is InChI=1S/C21H19N3O6S/c1-31-23-14-5-3-13(4-6-14)22-20(27)19-15(25)9-24(10-16(19)26)21(28)12-2-7-17-18(8-12)30-11-29-17/h2-8,23,25H,9-11H2,1H3,(H,22,27). The highest BCUT2D eigenvalue weighted by atomic mass is 32.2. The lowest BCUT2D eigenvalue weighted by Crippen LogP contribution is -2.44. The van der Waals surface area contributed by atoms with Crippen LogP contribution in [0.15, 0.2) is 53.8 Å². The number of carbonyl (C=O) groups excluding carboxylic acids is 3. The number of aliphatic hydroxyl groups is 1. The number of hydrogen-bond acceptors (Lipinski definition) is 8. The lowest BCUT2D eigenvalue weighted by atomic mass is 10.0. The number of nitrogens with zero attached hydrogens (tertiary/aromatic N) is 1. The molecule has 31 heavy (non-hydrogen) atoms. The Balaban J connectivity index is 1.46. The Kier molecular flexibility index (Phi) is 5.72. The van der Waals surface area contributed by atoms with E-state index in [1.165, 1.54) is 22.9 Å². The summed E-state index contributed by atoms with van der Waals surface area (Å²) >= 11 is 1.44. The van der Waals surface area contributed by atoms with Crippen LogP contribution in [0.1, 0.15) is 10.4 Å². The molecule has 160 valence electrons. The molecule has 0 aliphatic carbocycles. The van der Waals surface area contributed by atoms with E-state index < -0.39 is 23.4 Å². The van der Waals surface area contributed by atoms with Gasteiger partial charge in [0.2, 0.25) is 6.79 Å². The van der Waals surface area contributed by atoms with Crippen molar-refractivity contribution in [2.45, 2.75) is 0 Å². The summed E-state index contributed by atoms with van der Waals surface area (Å²) in [5.41, 5.74) is 1.28. The van der Waals surface area contributed by atoms with E-state index in [4.69, 9.17) is 9.47 Å². The molecule has 0 saturated heterocycles. The molecule has 2 aliphatic heterocycles. The van der Waals surface area contributed by atoms with Crippen LogP contribution in [0, 0.1) is 0 Å². The molecule has 0 fully saturated rings. The van der Waals surface area contributed by atoms with Gasteiger partial charge < -0.3 is 29.5 Å². The van der Waals surface area contributed by atoms with Gasteiger partial charge >= 0.3 is 0 Å². The summed E-state index contributed by atoms with van der Waals surface area (Å²) in [6, 6.07) is 11.6. The second-order valence-corrected chi connectivity index (χ2v) is 7.42. The number of carbonyl (C=O) groups is 3. The van der Waals surface area contributed by atoms with Gasteiger partial charge in [-0.25, -0.2) is 0 Å². The Labute approximate surface area is 182 Å². The third kappa shape index (κ3) is 4.29. The first-order valence-corrected chi connectivity index (χ1v) is 10.5. The van der Waals surface area contributed by atoms with Crippen LogP contribution in [0.25, 0.3) is 0 Å². The number of nitrogens with one attached hydrogen (secondary N) is 2. The van der Waals surface area contributed by atoms with E-state index in [0.717, 1.165) is 5.69 Å². The highest BCUT2D eigenvalue weighted by Crippen LogP contribution is 2.33. The van der Waals surface area contributed by atoms with E-state index in [9.17, 15) is 19.5 Å². The smallest absolute Gasteiger partial charge is 0.262 e. The third-order valence-corrected chi connectivity index (χ3v) is 5.18. The number of anilines is 2. The van der Waals surface area contributed by atoms with Crippen molar-refractivity contribution in [3.05, 3.63) is 59.4 Å². The number of Topliss-reactive ketones (excluding diaryl/α,β-unsaturated/α-hetero) is 1. The van der Waals surface area contributed by atoms with Crippen LogP contribution >= 0.6 is 11.9 Å². The summed E-state index contributed by atoms with van der Waals surface area (Å²) in [4.78, 5) is 39.1. The van der Waals surface area contributed by atoms with Crippen LogP contribution < -0.4 is 19.5 Å². The van der Waals surface area contributed by atoms with Gasteiger partial charge in [-0.05, 0) is 42.5 Å². The van der Waals surface area contributed by atoms with Crippen molar-refractivity contribution in [3.63, 3.8) is 0 Å². The molecular weight excluding hydrogens is 422 g/mol. The summed E-state index contributed by atoms with van der Waals surface area (Å²) in [5, 5.41) is 13.0. The van der Waals surface area contributed by atoms with Gasteiger partial charge in [0.25, 0.3) is 11.8 Å². The molecule has 2 aliphatic rings. The van der Waals surface area contributed by atoms with Crippen LogP contribution in [-0.4, -0.2) is 53.7 Å². The number of ketones is 1. The Bertz CT molecular complexity index is 1080. The van der Waals surface area contributed by atoms with Crippen molar-refractivity contribution in [3.8, 4) is 11.5 Å². The molecule has 0 spiro atoms. The third-order valence-electron chi connectivity index (χ3n) is 4.74. The van der Waals surface area contributed by atoms with Gasteiger partial charge in [0.15, 0.2) is 17.3 Å². The second kappa shape index (κ2) is 8.60. The van der Waals surface area contributed by atoms with Gasteiger partial charge in [-0.15, -0.1) is 0 Å². The van der Waals surface area contributed by atoms with Crippen molar-refractivity contribution >= 4 is 40.9 Å². The molecule has 2 aromatic rings. The van der Waals surface area contributed by atoms with Crippen LogP contribution in [0.5, 0.6) is 11.5 Å². The van der Waals surface area contributed by atoms with E-state index in [1.54, 1.807) is 36.4 Å². The molecule has 10 heteroatoms. The SMILES string of the molecule is CSNc1ccc(NC(=O)C2=C(O)CN(C(=O)c3ccc4c(c3)OCO4)CC2=O)cc1. The minimum absolute atomic E-state index is 0.0774. The van der Waals surface area contributed by atoms with Gasteiger partial charge in [-0.1, -0.05) is 11.9 Å². The molecule has 2 amide bonds. The van der Waals surface area contributed by atoms with Crippen LogP contribution in [0.2, 0.25) is 0 Å². The van der Waals surface area contributed by atoms with Crippen molar-refractivity contribution in [2.24, 2.45) is 0 Å². The summed E-state index contributed by atoms with van der Waals surface area (Å²) in [7, 11) is 0. The predicted octanol–water partition coefficient (Wildman–Crippen LogP) is 2.58. The van der Waals surface area contributed by atoms with Crippen molar-refractivity contribution in [1.29, 1.82) is 0 Å². The first-order chi connectivity index (χ1) is 15.0. The molecule has 2 heterocycles. The van der Waals surface area contributed by atoms with Gasteiger partial charge in [0, 0.05) is 23.2 Å². The molecule has 4 rings (SSSR count). The summed E-state index contributed by atoms with van der Waals surface area (Å²) < 4.78 is 13.5. The summed E-state index contributed by atoms with van der Waals surface area (Å²) in [6.07, 6.45) is 1.89. The monoisotopic (exact) mass is 441 g/mol. The lowest BCUT2D eigenvalue weighted by molar-refractivity contribution is -0.121. The summed E-state index contributed by atoms with van der Waals surface area (Å²) in [5.74, 6) is -1.31. The normalized spacial score (nSPS) is 15.1. The minimum Gasteiger partial charge on any atom is -0.509 e. The Hall–Kier alpha value is -3.66. The van der Waals surface area contributed by atoms with E-state index in [-0.39, 0.29) is 31.0 Å². The zero-order valence-corrected chi connectivity index (χ0v) is 17.3. The highest BCUT2D eigenvalue weighted by Gasteiger charge is 2.33. The van der Waals surface area contributed by atoms with Gasteiger partial charge in [-0.3, -0.25) is 14.4 Å². The van der Waals surface area contributed by atoms with Crippen molar-refractivity contribution in [2.75, 3.05) is 36.2 Å². The lowest BCUT2D eigenvalue weighted by Gasteiger charge is -2.27. The number of aliphatic hydroxyl groups excluding tert-OH is 1. The van der Waals surface area contributed by atoms with E-state index >= 15 is 0 Å². The number of fused-ring (bicyclic) bond motifs is 1. The first kappa shape index (κ1) is 20.6. The number of ether oxygens (including phenoxy) is 2. The fourth-order valence-electron chi connectivity index (χ4n) is 3.28. The number of amides is 2. The van der Waals surface area contributed by atoms with Crippen LogP contribution in [0.4, 0.5) is 11.4 Å². The fraction of sp³-hybridized carbons (Fsp3) is 0.190. The Morgan fingerprint density at radius 3 is 2.45 bits per heavy atom. The molecule has 3 N–H and O–H groups in total. The topological polar surface area (TPSA) is 117 Å². The molecule has 9 nitrogen and oxygen atoms in total. The molecule has 2 aromatic carbocycles. The number of rotatable bonds is 5. The van der Waals surface area contributed by atoms with Gasteiger partial charge in [0.05, 0.1) is 13.1 Å². The van der Waals surface area contributed by atoms with Gasteiger partial charge in [0.1, 0.15) is 11.3 Å². The van der Waals surface area contributed by atoms with E-state index in [2.05, 4.69) is 10.0 Å². The quantitative estimate of drug-likeness (QED) is 0.479. The maximum atomic E-state index is 12.8. The second-order valence-electron chi connectivity index (χ2n) is 6.81. The Morgan fingerprint density at radius 1 is 1.03 bits per heavy atom. The number of benzene rings is 2. The fourth-order valence-corrected chi connectivity index (χ4v) is 3.65. The average molecular weight is 441 g/mol. The van der Waals surface area contributed by atoms with Crippen LogP contribution in [0.3, 0.4) is 0 Å².